The highest BCUT2D eigenvalue weighted by Crippen LogP contribution is 2.14. The van der Waals surface area contributed by atoms with Crippen LogP contribution in [0.25, 0.3) is 0 Å². The third-order valence-corrected chi connectivity index (χ3v) is 3.34. The standard InChI is InChI=1S/C14H12BrFN2O2/c1-8-4-11(15)7-18(14(8)20)6-10-5-9(13(17)19)2-3-12(10)16/h2-5,7H,6H2,1H3,(H2,17,19). The van der Waals surface area contributed by atoms with Crippen molar-refractivity contribution in [3.63, 3.8) is 0 Å². The summed E-state index contributed by atoms with van der Waals surface area (Å²) >= 11 is 3.29. The van der Waals surface area contributed by atoms with E-state index in [2.05, 4.69) is 15.9 Å². The molecule has 0 atom stereocenters. The van der Waals surface area contributed by atoms with Gasteiger partial charge in [0, 0.05) is 27.4 Å². The lowest BCUT2D eigenvalue weighted by molar-refractivity contribution is 0.1000. The molecule has 1 heterocycles. The molecule has 0 saturated heterocycles. The number of halogens is 2. The van der Waals surface area contributed by atoms with Gasteiger partial charge in [0.15, 0.2) is 0 Å². The van der Waals surface area contributed by atoms with Crippen LogP contribution in [0.5, 0.6) is 0 Å². The van der Waals surface area contributed by atoms with Crippen molar-refractivity contribution in [2.75, 3.05) is 0 Å². The lowest BCUT2D eigenvalue weighted by Crippen LogP contribution is -2.23. The van der Waals surface area contributed by atoms with E-state index in [1.54, 1.807) is 19.2 Å². The van der Waals surface area contributed by atoms with Crippen LogP contribution >= 0.6 is 15.9 Å². The number of hydrogen-bond donors (Lipinski definition) is 1. The fourth-order valence-corrected chi connectivity index (χ4v) is 2.48. The van der Waals surface area contributed by atoms with Gasteiger partial charge in [-0.1, -0.05) is 0 Å². The third kappa shape index (κ3) is 2.96. The molecule has 0 bridgehead atoms. The van der Waals surface area contributed by atoms with E-state index < -0.39 is 11.7 Å². The first-order valence-electron chi connectivity index (χ1n) is 5.83. The van der Waals surface area contributed by atoms with Crippen LogP contribution in [0.4, 0.5) is 4.39 Å². The van der Waals surface area contributed by atoms with Gasteiger partial charge in [-0.3, -0.25) is 9.59 Å². The molecule has 0 aliphatic carbocycles. The summed E-state index contributed by atoms with van der Waals surface area (Å²) in [6.07, 6.45) is 1.58. The summed E-state index contributed by atoms with van der Waals surface area (Å²) in [6.45, 7) is 1.71. The van der Waals surface area contributed by atoms with Gasteiger partial charge in [-0.2, -0.15) is 0 Å². The second-order valence-corrected chi connectivity index (χ2v) is 5.36. The minimum Gasteiger partial charge on any atom is -0.366 e. The quantitative estimate of drug-likeness (QED) is 0.932. The Labute approximate surface area is 123 Å². The number of carbonyl (C=O) groups is 1. The SMILES string of the molecule is Cc1cc(Br)cn(Cc2cc(C(N)=O)ccc2F)c1=O. The summed E-state index contributed by atoms with van der Waals surface area (Å²) in [4.78, 5) is 23.1. The van der Waals surface area contributed by atoms with Crippen LogP contribution in [0.3, 0.4) is 0 Å². The van der Waals surface area contributed by atoms with Crippen LogP contribution in [0.15, 0.2) is 39.7 Å². The summed E-state index contributed by atoms with van der Waals surface area (Å²) in [5, 5.41) is 0. The molecule has 2 aromatic rings. The van der Waals surface area contributed by atoms with Crippen LogP contribution in [0, 0.1) is 12.7 Å². The van der Waals surface area contributed by atoms with Crippen LogP contribution in [0.1, 0.15) is 21.5 Å². The molecule has 4 nitrogen and oxygen atoms in total. The number of aromatic nitrogens is 1. The second kappa shape index (κ2) is 5.58. The number of pyridine rings is 1. The monoisotopic (exact) mass is 338 g/mol. The molecule has 104 valence electrons. The first-order chi connectivity index (χ1) is 9.38. The normalized spacial score (nSPS) is 10.6. The molecule has 6 heteroatoms. The molecule has 1 amide bonds. The van der Waals surface area contributed by atoms with Crippen molar-refractivity contribution >= 4 is 21.8 Å². The Bertz CT molecular complexity index is 740. The van der Waals surface area contributed by atoms with Crippen molar-refractivity contribution in [1.82, 2.24) is 4.57 Å². The van der Waals surface area contributed by atoms with E-state index >= 15 is 0 Å². The van der Waals surface area contributed by atoms with E-state index in [1.165, 1.54) is 22.8 Å². The highest BCUT2D eigenvalue weighted by Gasteiger charge is 2.09. The zero-order valence-corrected chi connectivity index (χ0v) is 12.3. The van der Waals surface area contributed by atoms with E-state index in [1.807, 2.05) is 0 Å². The van der Waals surface area contributed by atoms with E-state index in [0.29, 0.717) is 5.56 Å². The highest BCUT2D eigenvalue weighted by molar-refractivity contribution is 9.10. The van der Waals surface area contributed by atoms with Gasteiger partial charge < -0.3 is 10.3 Å². The van der Waals surface area contributed by atoms with E-state index in [-0.39, 0.29) is 23.2 Å². The van der Waals surface area contributed by atoms with Crippen molar-refractivity contribution < 1.29 is 9.18 Å². The maximum absolute atomic E-state index is 13.8. The fourth-order valence-electron chi connectivity index (χ4n) is 1.89. The highest BCUT2D eigenvalue weighted by atomic mass is 79.9. The van der Waals surface area contributed by atoms with E-state index in [0.717, 1.165) is 4.47 Å². The molecule has 2 rings (SSSR count). The number of primary amides is 1. The van der Waals surface area contributed by atoms with Crippen molar-refractivity contribution in [1.29, 1.82) is 0 Å². The first-order valence-corrected chi connectivity index (χ1v) is 6.62. The molecular formula is C14H12BrFN2O2. The van der Waals surface area contributed by atoms with Gasteiger partial charge in [0.1, 0.15) is 5.82 Å². The zero-order chi connectivity index (χ0) is 14.9. The molecule has 0 unspecified atom stereocenters. The minimum absolute atomic E-state index is 0.0338. The molecule has 0 aliphatic rings. The van der Waals surface area contributed by atoms with Crippen LogP contribution in [-0.4, -0.2) is 10.5 Å². The predicted octanol–water partition coefficient (Wildman–Crippen LogP) is 2.21. The molecular weight excluding hydrogens is 327 g/mol. The Morgan fingerprint density at radius 1 is 1.40 bits per heavy atom. The number of nitrogens with two attached hydrogens (primary N) is 1. The van der Waals surface area contributed by atoms with Crippen LogP contribution in [-0.2, 0) is 6.54 Å². The van der Waals surface area contributed by atoms with E-state index in [9.17, 15) is 14.0 Å². The van der Waals surface area contributed by atoms with Gasteiger partial charge in [0.05, 0.1) is 6.54 Å². The molecule has 0 spiro atoms. The van der Waals surface area contributed by atoms with Gasteiger partial charge in [0.2, 0.25) is 5.91 Å². The lowest BCUT2D eigenvalue weighted by atomic mass is 10.1. The Morgan fingerprint density at radius 2 is 2.10 bits per heavy atom. The Morgan fingerprint density at radius 3 is 2.75 bits per heavy atom. The Kier molecular flexibility index (Phi) is 4.04. The predicted molar refractivity (Wildman–Crippen MR) is 77.2 cm³/mol. The number of benzene rings is 1. The summed E-state index contributed by atoms with van der Waals surface area (Å²) in [7, 11) is 0. The molecule has 0 radical (unpaired) electrons. The van der Waals surface area contributed by atoms with Gasteiger partial charge >= 0.3 is 0 Å². The number of rotatable bonds is 3. The third-order valence-electron chi connectivity index (χ3n) is 2.90. The average molecular weight is 339 g/mol. The van der Waals surface area contributed by atoms with Crippen LogP contribution in [0.2, 0.25) is 0 Å². The number of aryl methyl sites for hydroxylation is 1. The first kappa shape index (κ1) is 14.5. The molecule has 0 fully saturated rings. The minimum atomic E-state index is -0.635. The van der Waals surface area contributed by atoms with Gasteiger partial charge in [0.25, 0.3) is 5.56 Å². The average Bonchev–Trinajstić information content (AvgIpc) is 2.37. The smallest absolute Gasteiger partial charge is 0.253 e. The lowest BCUT2D eigenvalue weighted by Gasteiger charge is -2.09. The summed E-state index contributed by atoms with van der Waals surface area (Å²) in [5.74, 6) is -1.12. The van der Waals surface area contributed by atoms with Crippen molar-refractivity contribution in [2.45, 2.75) is 13.5 Å². The summed E-state index contributed by atoms with van der Waals surface area (Å²) in [5.41, 5.74) is 5.95. The number of amides is 1. The maximum atomic E-state index is 13.8. The van der Waals surface area contributed by atoms with Gasteiger partial charge in [-0.05, 0) is 47.1 Å². The maximum Gasteiger partial charge on any atom is 0.253 e. The Hall–Kier alpha value is -1.95. The summed E-state index contributed by atoms with van der Waals surface area (Å²) < 4.78 is 15.9. The topological polar surface area (TPSA) is 65.1 Å². The number of nitrogens with zero attached hydrogens (tertiary/aromatic N) is 1. The van der Waals surface area contributed by atoms with Gasteiger partial charge in [-0.15, -0.1) is 0 Å². The molecule has 1 aromatic carbocycles. The largest absolute Gasteiger partial charge is 0.366 e. The second-order valence-electron chi connectivity index (χ2n) is 4.44. The molecule has 0 aliphatic heterocycles. The molecule has 1 aromatic heterocycles. The molecule has 20 heavy (non-hydrogen) atoms. The van der Waals surface area contributed by atoms with E-state index in [4.69, 9.17) is 5.73 Å². The number of carbonyl (C=O) groups excluding carboxylic acids is 1. The van der Waals surface area contributed by atoms with Gasteiger partial charge in [-0.25, -0.2) is 4.39 Å². The molecule has 2 N–H and O–H groups in total. The zero-order valence-electron chi connectivity index (χ0n) is 10.7. The number of hydrogen-bond acceptors (Lipinski definition) is 2. The Balaban J connectivity index is 2.47. The molecule has 0 saturated carbocycles. The van der Waals surface area contributed by atoms with Crippen molar-refractivity contribution in [3.05, 3.63) is 67.8 Å². The van der Waals surface area contributed by atoms with Crippen LogP contribution < -0.4 is 11.3 Å². The van der Waals surface area contributed by atoms with Crippen molar-refractivity contribution in [2.24, 2.45) is 5.73 Å². The fraction of sp³-hybridized carbons (Fsp3) is 0.143. The summed E-state index contributed by atoms with van der Waals surface area (Å²) in [6, 6.07) is 5.54. The van der Waals surface area contributed by atoms with Crippen molar-refractivity contribution in [3.8, 4) is 0 Å².